The van der Waals surface area contributed by atoms with Gasteiger partial charge in [0.15, 0.2) is 8.32 Å². The molecule has 0 atom stereocenters. The SMILES string of the molecule is CC#CCC(F)(F)O[Si](C)(C)C(C)(C)C. The number of halogens is 2. The minimum absolute atomic E-state index is 0.212. The summed E-state index contributed by atoms with van der Waals surface area (Å²) in [4.78, 5) is 0. The molecule has 0 unspecified atom stereocenters. The Morgan fingerprint density at radius 1 is 1.20 bits per heavy atom. The maximum absolute atomic E-state index is 13.3. The number of hydrogen-bond donors (Lipinski definition) is 0. The molecular formula is C11H20F2OSi. The van der Waals surface area contributed by atoms with Crippen LogP contribution in [0.3, 0.4) is 0 Å². The van der Waals surface area contributed by atoms with Crippen LogP contribution in [0.5, 0.6) is 0 Å². The highest BCUT2D eigenvalue weighted by Gasteiger charge is 2.45. The summed E-state index contributed by atoms with van der Waals surface area (Å²) >= 11 is 0. The van der Waals surface area contributed by atoms with Crippen molar-refractivity contribution in [2.45, 2.75) is 58.4 Å². The molecule has 0 saturated carbocycles. The summed E-state index contributed by atoms with van der Waals surface area (Å²) in [5, 5.41) is -0.212. The van der Waals surface area contributed by atoms with Gasteiger partial charge in [0.1, 0.15) is 0 Å². The zero-order chi connectivity index (χ0) is 12.3. The smallest absolute Gasteiger partial charge is 0.357 e. The van der Waals surface area contributed by atoms with E-state index in [0.717, 1.165) is 0 Å². The molecule has 0 aliphatic carbocycles. The fraction of sp³-hybridized carbons (Fsp3) is 0.818. The molecule has 0 fully saturated rings. The number of alkyl halides is 2. The van der Waals surface area contributed by atoms with Gasteiger partial charge in [-0.1, -0.05) is 26.7 Å². The van der Waals surface area contributed by atoms with Crippen LogP contribution in [0.1, 0.15) is 34.1 Å². The maximum atomic E-state index is 13.3. The minimum atomic E-state index is -3.12. The van der Waals surface area contributed by atoms with Crippen LogP contribution in [0, 0.1) is 11.8 Å². The van der Waals surface area contributed by atoms with E-state index in [-0.39, 0.29) is 5.04 Å². The summed E-state index contributed by atoms with van der Waals surface area (Å²) in [6.45, 7) is 10.9. The minimum Gasteiger partial charge on any atom is -0.361 e. The Balaban J connectivity index is 4.62. The van der Waals surface area contributed by atoms with Gasteiger partial charge in [0, 0.05) is 0 Å². The molecule has 1 nitrogen and oxygen atoms in total. The molecule has 0 radical (unpaired) electrons. The lowest BCUT2D eigenvalue weighted by atomic mass is 10.2. The van der Waals surface area contributed by atoms with Crippen LogP contribution >= 0.6 is 0 Å². The predicted octanol–water partition coefficient (Wildman–Crippen LogP) is 4.01. The first-order valence-electron chi connectivity index (χ1n) is 4.99. The summed E-state index contributed by atoms with van der Waals surface area (Å²) in [6, 6.07) is 0. The van der Waals surface area contributed by atoms with Crippen molar-refractivity contribution >= 4 is 8.32 Å². The van der Waals surface area contributed by atoms with E-state index in [1.165, 1.54) is 0 Å². The van der Waals surface area contributed by atoms with E-state index in [9.17, 15) is 8.78 Å². The molecule has 0 bridgehead atoms. The van der Waals surface area contributed by atoms with Crippen LogP contribution in [0.25, 0.3) is 0 Å². The largest absolute Gasteiger partial charge is 0.361 e. The molecule has 4 heteroatoms. The van der Waals surface area contributed by atoms with Gasteiger partial charge >= 0.3 is 6.11 Å². The first-order valence-corrected chi connectivity index (χ1v) is 7.90. The molecule has 0 aromatic rings. The van der Waals surface area contributed by atoms with Crippen molar-refractivity contribution in [2.75, 3.05) is 0 Å². The van der Waals surface area contributed by atoms with Crippen LogP contribution < -0.4 is 0 Å². The molecule has 0 N–H and O–H groups in total. The van der Waals surface area contributed by atoms with Gasteiger partial charge in [-0.15, -0.1) is 5.92 Å². The van der Waals surface area contributed by atoms with Crippen molar-refractivity contribution in [3.05, 3.63) is 0 Å². The van der Waals surface area contributed by atoms with E-state index in [4.69, 9.17) is 4.43 Å². The molecule has 0 saturated heterocycles. The first kappa shape index (κ1) is 14.6. The van der Waals surface area contributed by atoms with E-state index in [2.05, 4.69) is 11.8 Å². The topological polar surface area (TPSA) is 9.23 Å². The van der Waals surface area contributed by atoms with E-state index in [1.54, 1.807) is 20.0 Å². The number of hydrogen-bond acceptors (Lipinski definition) is 1. The van der Waals surface area contributed by atoms with Crippen LogP contribution in [-0.2, 0) is 4.43 Å². The standard InChI is InChI=1S/C11H20F2OSi/c1-7-8-9-11(12,13)14-15(5,6)10(2,3)4/h9H2,1-6H3. The molecule has 0 aromatic heterocycles. The predicted molar refractivity (Wildman–Crippen MR) is 61.3 cm³/mol. The highest BCUT2D eigenvalue weighted by atomic mass is 28.4. The number of rotatable bonds is 3. The average Bonchev–Trinajstić information content (AvgIpc) is 1.96. The lowest BCUT2D eigenvalue weighted by molar-refractivity contribution is -0.180. The fourth-order valence-electron chi connectivity index (χ4n) is 0.754. The van der Waals surface area contributed by atoms with Crippen LogP contribution in [0.2, 0.25) is 18.1 Å². The highest BCUT2D eigenvalue weighted by molar-refractivity contribution is 6.74. The second-order valence-corrected chi connectivity index (χ2v) is 9.83. The Hall–Kier alpha value is -0.403. The van der Waals surface area contributed by atoms with Crippen molar-refractivity contribution in [3.63, 3.8) is 0 Å². The van der Waals surface area contributed by atoms with Crippen molar-refractivity contribution in [1.29, 1.82) is 0 Å². The van der Waals surface area contributed by atoms with Crippen molar-refractivity contribution in [3.8, 4) is 11.8 Å². The Kier molecular flexibility index (Phi) is 4.50. The second-order valence-electron chi connectivity index (χ2n) is 5.10. The summed E-state index contributed by atoms with van der Waals surface area (Å²) in [5.74, 6) is 4.81. The Bertz CT molecular complexity index is 269. The monoisotopic (exact) mass is 234 g/mol. The summed E-state index contributed by atoms with van der Waals surface area (Å²) in [6.07, 6.45) is -3.64. The molecule has 0 amide bonds. The van der Waals surface area contributed by atoms with Crippen LogP contribution in [0.15, 0.2) is 0 Å². The normalized spacial score (nSPS) is 13.3. The lowest BCUT2D eigenvalue weighted by Crippen LogP contribution is -2.46. The molecule has 0 aliphatic heterocycles. The molecule has 88 valence electrons. The van der Waals surface area contributed by atoms with E-state index < -0.39 is 20.8 Å². The molecule has 0 aromatic carbocycles. The first-order chi connectivity index (χ1) is 6.52. The molecule has 0 heterocycles. The van der Waals surface area contributed by atoms with Crippen molar-refractivity contribution in [1.82, 2.24) is 0 Å². The van der Waals surface area contributed by atoms with Crippen LogP contribution in [-0.4, -0.2) is 14.4 Å². The van der Waals surface area contributed by atoms with Gasteiger partial charge in [-0.05, 0) is 25.1 Å². The van der Waals surface area contributed by atoms with Crippen LogP contribution in [0.4, 0.5) is 8.78 Å². The lowest BCUT2D eigenvalue weighted by Gasteiger charge is -2.38. The third-order valence-corrected chi connectivity index (χ3v) is 7.10. The Morgan fingerprint density at radius 3 is 2.00 bits per heavy atom. The Labute approximate surface area is 92.3 Å². The molecule has 0 aliphatic rings. The van der Waals surface area contributed by atoms with E-state index in [1.807, 2.05) is 20.8 Å². The zero-order valence-corrected chi connectivity index (χ0v) is 11.4. The second kappa shape index (κ2) is 4.63. The Morgan fingerprint density at radius 2 is 1.67 bits per heavy atom. The highest BCUT2D eigenvalue weighted by Crippen LogP contribution is 2.40. The quantitative estimate of drug-likeness (QED) is 0.529. The summed E-state index contributed by atoms with van der Waals surface area (Å²) in [7, 11) is -2.41. The van der Waals surface area contributed by atoms with Crippen molar-refractivity contribution < 1.29 is 13.2 Å². The molecule has 15 heavy (non-hydrogen) atoms. The zero-order valence-electron chi connectivity index (χ0n) is 10.4. The molecule has 0 rings (SSSR count). The molecule has 0 spiro atoms. The average molecular weight is 234 g/mol. The van der Waals surface area contributed by atoms with Gasteiger partial charge in [-0.2, -0.15) is 8.78 Å². The van der Waals surface area contributed by atoms with Gasteiger partial charge in [0.05, 0.1) is 6.42 Å². The van der Waals surface area contributed by atoms with E-state index >= 15 is 0 Å². The maximum Gasteiger partial charge on any atom is 0.357 e. The third-order valence-electron chi connectivity index (χ3n) is 2.68. The van der Waals surface area contributed by atoms with Crippen molar-refractivity contribution in [2.24, 2.45) is 0 Å². The third kappa shape index (κ3) is 4.76. The van der Waals surface area contributed by atoms with Gasteiger partial charge in [0.25, 0.3) is 0 Å². The van der Waals surface area contributed by atoms with Gasteiger partial charge in [-0.3, -0.25) is 0 Å². The van der Waals surface area contributed by atoms with Gasteiger partial charge in [0.2, 0.25) is 0 Å². The van der Waals surface area contributed by atoms with Gasteiger partial charge in [-0.25, -0.2) is 0 Å². The summed E-state index contributed by atoms with van der Waals surface area (Å²) in [5.41, 5.74) is 0. The molecular weight excluding hydrogens is 214 g/mol. The van der Waals surface area contributed by atoms with E-state index in [0.29, 0.717) is 0 Å². The van der Waals surface area contributed by atoms with Gasteiger partial charge < -0.3 is 4.43 Å². The summed E-state index contributed by atoms with van der Waals surface area (Å²) < 4.78 is 31.7. The fourth-order valence-corrected chi connectivity index (χ4v) is 1.88.